The number of carbonyl (C=O) groups is 1. The summed E-state index contributed by atoms with van der Waals surface area (Å²) >= 11 is 1.49. The van der Waals surface area contributed by atoms with Crippen molar-refractivity contribution in [2.24, 2.45) is 0 Å². The molecule has 1 N–H and O–H groups in total. The third kappa shape index (κ3) is 5.13. The summed E-state index contributed by atoms with van der Waals surface area (Å²) in [5, 5.41) is 4.09. The van der Waals surface area contributed by atoms with Crippen molar-refractivity contribution < 1.29 is 13.7 Å². The number of morpholine rings is 1. The third-order valence-electron chi connectivity index (χ3n) is 4.54. The molecule has 5 nitrogen and oxygen atoms in total. The normalized spacial score (nSPS) is 16.7. The first-order valence-corrected chi connectivity index (χ1v) is 11.6. The number of carbonyl (C=O) groups excluding carboxylic acids is 1. The molecule has 0 radical (unpaired) electrons. The molecule has 0 spiro atoms. The molecule has 0 aliphatic carbocycles. The summed E-state index contributed by atoms with van der Waals surface area (Å²) < 4.78 is 18.2. The van der Waals surface area contributed by atoms with Gasteiger partial charge in [-0.05, 0) is 36.4 Å². The number of hydrogen-bond acceptors (Lipinski definition) is 5. The van der Waals surface area contributed by atoms with Gasteiger partial charge in [0.25, 0.3) is 5.91 Å². The lowest BCUT2D eigenvalue weighted by Gasteiger charge is -2.26. The van der Waals surface area contributed by atoms with E-state index in [0.717, 1.165) is 61.3 Å². The number of nitrogens with zero attached hydrogens (tertiary/aromatic N) is 1. The highest BCUT2D eigenvalue weighted by Crippen LogP contribution is 2.32. The number of benzene rings is 1. The molecule has 1 fully saturated rings. The summed E-state index contributed by atoms with van der Waals surface area (Å²) in [5.74, 6) is 0.377. The van der Waals surface area contributed by atoms with Crippen molar-refractivity contribution in [1.29, 1.82) is 0 Å². The van der Waals surface area contributed by atoms with Gasteiger partial charge in [0.05, 0.1) is 23.8 Å². The van der Waals surface area contributed by atoms with Crippen LogP contribution in [0.2, 0.25) is 0 Å². The fourth-order valence-corrected chi connectivity index (χ4v) is 5.13. The number of nitrogens with one attached hydrogen (secondary N) is 1. The molecule has 0 bridgehead atoms. The van der Waals surface area contributed by atoms with E-state index in [1.807, 2.05) is 24.3 Å². The summed E-state index contributed by atoms with van der Waals surface area (Å²) in [6.45, 7) is 5.39. The first-order chi connectivity index (χ1) is 12.6. The van der Waals surface area contributed by atoms with Crippen LogP contribution >= 0.6 is 11.3 Å². The summed E-state index contributed by atoms with van der Waals surface area (Å²) in [5.41, 5.74) is 0.914. The minimum atomic E-state index is -0.979. The molecule has 1 aliphatic rings. The highest BCUT2D eigenvalue weighted by molar-refractivity contribution is 7.83. The van der Waals surface area contributed by atoms with Gasteiger partial charge in [0.2, 0.25) is 0 Å². The Bertz CT molecular complexity index is 769. The molecule has 0 saturated carbocycles. The second-order valence-corrected chi connectivity index (χ2v) is 9.03. The van der Waals surface area contributed by atoms with Crippen LogP contribution < -0.4 is 5.32 Å². The quantitative estimate of drug-likeness (QED) is 0.700. The number of unbranched alkanes of at least 4 members (excludes halogenated alkanes) is 1. The van der Waals surface area contributed by atoms with E-state index in [9.17, 15) is 9.00 Å². The van der Waals surface area contributed by atoms with Gasteiger partial charge < -0.3 is 10.1 Å². The second kappa shape index (κ2) is 9.60. The topological polar surface area (TPSA) is 58.6 Å². The SMILES string of the molecule is CS(=O)Cc1c(C(=O)NCCCCN2CCOCC2)sc2ccccc12. The van der Waals surface area contributed by atoms with E-state index in [4.69, 9.17) is 4.74 Å². The molecule has 2 heterocycles. The lowest BCUT2D eigenvalue weighted by molar-refractivity contribution is 0.0372. The van der Waals surface area contributed by atoms with Crippen LogP contribution in [0.15, 0.2) is 24.3 Å². The first kappa shape index (κ1) is 19.5. The van der Waals surface area contributed by atoms with Gasteiger partial charge in [0.15, 0.2) is 0 Å². The highest BCUT2D eigenvalue weighted by atomic mass is 32.2. The number of amides is 1. The zero-order valence-electron chi connectivity index (χ0n) is 15.2. The van der Waals surface area contributed by atoms with Gasteiger partial charge in [-0.3, -0.25) is 13.9 Å². The fourth-order valence-electron chi connectivity index (χ4n) is 3.20. The maximum Gasteiger partial charge on any atom is 0.261 e. The molecule has 1 aromatic carbocycles. The summed E-state index contributed by atoms with van der Waals surface area (Å²) in [6, 6.07) is 7.96. The summed E-state index contributed by atoms with van der Waals surface area (Å²) in [6.07, 6.45) is 3.71. The van der Waals surface area contributed by atoms with E-state index >= 15 is 0 Å². The zero-order valence-corrected chi connectivity index (χ0v) is 16.8. The van der Waals surface area contributed by atoms with E-state index < -0.39 is 10.8 Å². The van der Waals surface area contributed by atoms with Crippen LogP contribution in [0.3, 0.4) is 0 Å². The molecule has 2 aromatic rings. The number of hydrogen-bond donors (Lipinski definition) is 1. The first-order valence-electron chi connectivity index (χ1n) is 9.04. The molecule has 1 unspecified atom stereocenters. The maximum atomic E-state index is 12.7. The van der Waals surface area contributed by atoms with Gasteiger partial charge in [-0.2, -0.15) is 0 Å². The average Bonchev–Trinajstić information content (AvgIpc) is 3.00. The molecule has 26 heavy (non-hydrogen) atoms. The molecular weight excluding hydrogens is 368 g/mol. The Kier molecular flexibility index (Phi) is 7.19. The van der Waals surface area contributed by atoms with Crippen molar-refractivity contribution in [2.75, 3.05) is 45.6 Å². The van der Waals surface area contributed by atoms with Gasteiger partial charge >= 0.3 is 0 Å². The largest absolute Gasteiger partial charge is 0.379 e. The van der Waals surface area contributed by atoms with E-state index in [2.05, 4.69) is 10.2 Å². The van der Waals surface area contributed by atoms with Crippen LogP contribution in [0.25, 0.3) is 10.1 Å². The lowest BCUT2D eigenvalue weighted by atomic mass is 10.1. The Morgan fingerprint density at radius 3 is 2.81 bits per heavy atom. The van der Waals surface area contributed by atoms with E-state index in [-0.39, 0.29) is 5.91 Å². The highest BCUT2D eigenvalue weighted by Gasteiger charge is 2.18. The molecule has 1 aliphatic heterocycles. The number of ether oxygens (including phenoxy) is 1. The monoisotopic (exact) mass is 394 g/mol. The van der Waals surface area contributed by atoms with Crippen molar-refractivity contribution in [2.45, 2.75) is 18.6 Å². The fraction of sp³-hybridized carbons (Fsp3) is 0.526. The van der Waals surface area contributed by atoms with Gasteiger partial charge in [0, 0.05) is 41.4 Å². The number of fused-ring (bicyclic) bond motifs is 1. The molecule has 142 valence electrons. The summed E-state index contributed by atoms with van der Waals surface area (Å²) in [4.78, 5) is 15.8. The standard InChI is InChI=1S/C19H26N2O3S2/c1-26(23)14-16-15-6-2-3-7-17(15)25-18(16)19(22)20-8-4-5-9-21-10-12-24-13-11-21/h2-3,6-7H,4-5,8-14H2,1H3,(H,20,22). The Labute approximate surface area is 161 Å². The van der Waals surface area contributed by atoms with Crippen molar-refractivity contribution in [3.63, 3.8) is 0 Å². The van der Waals surface area contributed by atoms with Crippen LogP contribution in [0, 0.1) is 0 Å². The Hall–Kier alpha value is -1.28. The Morgan fingerprint density at radius 1 is 1.27 bits per heavy atom. The van der Waals surface area contributed by atoms with Gasteiger partial charge in [0.1, 0.15) is 0 Å². The average molecular weight is 395 g/mol. The Morgan fingerprint density at radius 2 is 2.04 bits per heavy atom. The number of thiophene rings is 1. The van der Waals surface area contributed by atoms with E-state index in [1.54, 1.807) is 6.26 Å². The maximum absolute atomic E-state index is 12.7. The molecule has 1 saturated heterocycles. The lowest BCUT2D eigenvalue weighted by Crippen LogP contribution is -2.37. The molecule has 1 aromatic heterocycles. The van der Waals surface area contributed by atoms with Crippen LogP contribution in [-0.4, -0.2) is 60.7 Å². The molecular formula is C19H26N2O3S2. The second-order valence-electron chi connectivity index (χ2n) is 6.54. The van der Waals surface area contributed by atoms with E-state index in [0.29, 0.717) is 17.2 Å². The zero-order chi connectivity index (χ0) is 18.4. The van der Waals surface area contributed by atoms with Gasteiger partial charge in [-0.15, -0.1) is 11.3 Å². The minimum Gasteiger partial charge on any atom is -0.379 e. The summed E-state index contributed by atoms with van der Waals surface area (Å²) in [7, 11) is -0.979. The third-order valence-corrected chi connectivity index (χ3v) is 6.45. The van der Waals surface area contributed by atoms with Crippen LogP contribution in [-0.2, 0) is 21.3 Å². The number of rotatable bonds is 8. The molecule has 1 amide bonds. The van der Waals surface area contributed by atoms with Crippen molar-refractivity contribution >= 4 is 38.1 Å². The smallest absolute Gasteiger partial charge is 0.261 e. The van der Waals surface area contributed by atoms with Gasteiger partial charge in [-0.1, -0.05) is 18.2 Å². The van der Waals surface area contributed by atoms with Crippen molar-refractivity contribution in [3.8, 4) is 0 Å². The van der Waals surface area contributed by atoms with Crippen LogP contribution in [0.4, 0.5) is 0 Å². The van der Waals surface area contributed by atoms with Gasteiger partial charge in [-0.25, -0.2) is 0 Å². The Balaban J connectivity index is 1.54. The van der Waals surface area contributed by atoms with Crippen molar-refractivity contribution in [1.82, 2.24) is 10.2 Å². The molecule has 7 heteroatoms. The molecule has 3 rings (SSSR count). The van der Waals surface area contributed by atoms with Crippen LogP contribution in [0.5, 0.6) is 0 Å². The minimum absolute atomic E-state index is 0.0435. The predicted octanol–water partition coefficient (Wildman–Crippen LogP) is 2.62. The predicted molar refractivity (Wildman–Crippen MR) is 108 cm³/mol. The van der Waals surface area contributed by atoms with Crippen LogP contribution in [0.1, 0.15) is 28.1 Å². The van der Waals surface area contributed by atoms with Crippen molar-refractivity contribution in [3.05, 3.63) is 34.7 Å². The van der Waals surface area contributed by atoms with E-state index in [1.165, 1.54) is 11.3 Å². The molecule has 1 atom stereocenters.